The minimum absolute atomic E-state index is 0.0363. The lowest BCUT2D eigenvalue weighted by atomic mass is 9.91. The Labute approximate surface area is 161 Å². The van der Waals surface area contributed by atoms with E-state index in [9.17, 15) is 4.79 Å². The van der Waals surface area contributed by atoms with Gasteiger partial charge in [0.2, 0.25) is 5.91 Å². The number of hydrogen-bond donors (Lipinski definition) is 0. The van der Waals surface area contributed by atoms with Crippen LogP contribution in [0.5, 0.6) is 5.75 Å². The molecular formula is C22H27N3O2. The number of carbonyl (C=O) groups excluding carboxylic acids is 1. The largest absolute Gasteiger partial charge is 0.488 e. The Kier molecular flexibility index (Phi) is 5.39. The highest BCUT2D eigenvalue weighted by atomic mass is 16.5. The predicted molar refractivity (Wildman–Crippen MR) is 104 cm³/mol. The highest BCUT2D eigenvalue weighted by Crippen LogP contribution is 2.30. The molecule has 0 spiro atoms. The molecule has 2 aromatic rings. The van der Waals surface area contributed by atoms with Gasteiger partial charge in [0.1, 0.15) is 11.9 Å². The van der Waals surface area contributed by atoms with Crippen LogP contribution in [0, 0.1) is 5.92 Å². The average molecular weight is 365 g/mol. The number of rotatable bonds is 3. The van der Waals surface area contributed by atoms with E-state index in [-0.39, 0.29) is 12.0 Å². The fourth-order valence-electron chi connectivity index (χ4n) is 4.21. The second kappa shape index (κ2) is 8.09. The van der Waals surface area contributed by atoms with Crippen LogP contribution >= 0.6 is 0 Å². The first-order chi connectivity index (χ1) is 13.2. The minimum Gasteiger partial charge on any atom is -0.488 e. The van der Waals surface area contributed by atoms with Crippen molar-refractivity contribution in [3.8, 4) is 5.75 Å². The van der Waals surface area contributed by atoms with Crippen molar-refractivity contribution < 1.29 is 9.53 Å². The molecule has 142 valence electrons. The summed E-state index contributed by atoms with van der Waals surface area (Å²) in [5, 5.41) is 0. The molecule has 1 aromatic carbocycles. The van der Waals surface area contributed by atoms with Crippen LogP contribution in [0.1, 0.15) is 30.9 Å². The number of nitrogens with zero attached hydrogens (tertiary/aromatic N) is 3. The molecule has 1 fully saturated rings. The maximum Gasteiger partial charge on any atom is 0.219 e. The number of aromatic nitrogens is 1. The third-order valence-electron chi connectivity index (χ3n) is 5.65. The first kappa shape index (κ1) is 18.0. The summed E-state index contributed by atoms with van der Waals surface area (Å²) in [5.74, 6) is 1.46. The van der Waals surface area contributed by atoms with Crippen LogP contribution in [0.3, 0.4) is 0 Å². The first-order valence-corrected chi connectivity index (χ1v) is 9.80. The molecule has 0 unspecified atom stereocenters. The summed E-state index contributed by atoms with van der Waals surface area (Å²) in [7, 11) is 0. The lowest BCUT2D eigenvalue weighted by molar-refractivity contribution is -0.130. The molecule has 2 aliphatic rings. The van der Waals surface area contributed by atoms with Gasteiger partial charge in [-0.2, -0.15) is 0 Å². The Morgan fingerprint density at radius 3 is 2.93 bits per heavy atom. The van der Waals surface area contributed by atoms with Crippen LogP contribution in [0.15, 0.2) is 48.8 Å². The standard InChI is InChI=1S/C22H27N3O2/c1-17(26)25-15-20-7-2-3-9-21(20)27-22(16-25)19-8-5-11-24(14-19)13-18-6-4-10-23-12-18/h2-4,6-7,9-10,12,19,22H,5,8,11,13-16H2,1H3/t19-,22-/m1/s1. The number of amides is 1. The van der Waals surface area contributed by atoms with Crippen LogP contribution < -0.4 is 4.74 Å². The van der Waals surface area contributed by atoms with E-state index in [0.29, 0.717) is 19.0 Å². The number of hydrogen-bond acceptors (Lipinski definition) is 4. The third kappa shape index (κ3) is 4.30. The molecule has 1 saturated heterocycles. The Morgan fingerprint density at radius 2 is 2.11 bits per heavy atom. The third-order valence-corrected chi connectivity index (χ3v) is 5.65. The molecule has 5 nitrogen and oxygen atoms in total. The molecule has 5 heteroatoms. The molecule has 0 N–H and O–H groups in total. The maximum absolute atomic E-state index is 12.1. The summed E-state index contributed by atoms with van der Waals surface area (Å²) in [6, 6.07) is 12.2. The van der Waals surface area contributed by atoms with Crippen LogP contribution in [0.2, 0.25) is 0 Å². The summed E-state index contributed by atoms with van der Waals surface area (Å²) in [6.07, 6.45) is 6.10. The smallest absolute Gasteiger partial charge is 0.219 e. The number of benzene rings is 1. The summed E-state index contributed by atoms with van der Waals surface area (Å²) in [5.41, 5.74) is 2.34. The van der Waals surface area contributed by atoms with Gasteiger partial charge in [-0.15, -0.1) is 0 Å². The fourth-order valence-corrected chi connectivity index (χ4v) is 4.21. The summed E-state index contributed by atoms with van der Waals surface area (Å²) >= 11 is 0. The summed E-state index contributed by atoms with van der Waals surface area (Å²) in [4.78, 5) is 20.8. The molecule has 0 radical (unpaired) electrons. The zero-order valence-corrected chi connectivity index (χ0v) is 15.9. The Balaban J connectivity index is 1.50. The average Bonchev–Trinajstić information content (AvgIpc) is 2.89. The Morgan fingerprint density at radius 1 is 1.22 bits per heavy atom. The van der Waals surface area contributed by atoms with Gasteiger partial charge >= 0.3 is 0 Å². The Hall–Kier alpha value is -2.40. The van der Waals surface area contributed by atoms with Crippen molar-refractivity contribution in [2.45, 2.75) is 39.0 Å². The molecule has 1 amide bonds. The van der Waals surface area contributed by atoms with Crippen molar-refractivity contribution in [3.05, 3.63) is 59.9 Å². The van der Waals surface area contributed by atoms with Crippen molar-refractivity contribution in [2.75, 3.05) is 19.6 Å². The number of para-hydroxylation sites is 1. The van der Waals surface area contributed by atoms with Gasteiger partial charge in [0.25, 0.3) is 0 Å². The number of carbonyl (C=O) groups is 1. The van der Waals surface area contributed by atoms with Gasteiger partial charge in [-0.25, -0.2) is 0 Å². The topological polar surface area (TPSA) is 45.7 Å². The van der Waals surface area contributed by atoms with E-state index >= 15 is 0 Å². The molecule has 3 heterocycles. The second-order valence-corrected chi connectivity index (χ2v) is 7.66. The molecule has 0 bridgehead atoms. The maximum atomic E-state index is 12.1. The number of likely N-dealkylation sites (tertiary alicyclic amines) is 1. The number of ether oxygens (including phenoxy) is 1. The van der Waals surface area contributed by atoms with Gasteiger partial charge in [-0.05, 0) is 37.1 Å². The van der Waals surface area contributed by atoms with Crippen molar-refractivity contribution in [2.24, 2.45) is 5.92 Å². The number of pyridine rings is 1. The van der Waals surface area contributed by atoms with Gasteiger partial charge in [0.05, 0.1) is 6.54 Å². The monoisotopic (exact) mass is 365 g/mol. The zero-order chi connectivity index (χ0) is 18.6. The zero-order valence-electron chi connectivity index (χ0n) is 15.9. The van der Waals surface area contributed by atoms with E-state index in [1.54, 1.807) is 6.92 Å². The van der Waals surface area contributed by atoms with Crippen molar-refractivity contribution in [1.82, 2.24) is 14.8 Å². The van der Waals surface area contributed by atoms with Crippen molar-refractivity contribution in [3.63, 3.8) is 0 Å². The van der Waals surface area contributed by atoms with Crippen LogP contribution in [0.25, 0.3) is 0 Å². The van der Waals surface area contributed by atoms with Crippen LogP contribution in [-0.2, 0) is 17.9 Å². The van der Waals surface area contributed by atoms with E-state index in [1.807, 2.05) is 41.6 Å². The van der Waals surface area contributed by atoms with Gasteiger partial charge in [0.15, 0.2) is 0 Å². The van der Waals surface area contributed by atoms with E-state index < -0.39 is 0 Å². The highest BCUT2D eigenvalue weighted by Gasteiger charge is 2.33. The molecule has 1 aromatic heterocycles. The lowest BCUT2D eigenvalue weighted by Gasteiger charge is -2.37. The van der Waals surface area contributed by atoms with E-state index in [2.05, 4.69) is 22.0 Å². The number of piperidine rings is 1. The van der Waals surface area contributed by atoms with Gasteiger partial charge in [-0.3, -0.25) is 14.7 Å². The van der Waals surface area contributed by atoms with E-state index in [4.69, 9.17) is 4.74 Å². The first-order valence-electron chi connectivity index (χ1n) is 9.80. The van der Waals surface area contributed by atoms with E-state index in [1.165, 1.54) is 5.56 Å². The molecule has 0 aliphatic carbocycles. The minimum atomic E-state index is 0.0363. The normalized spacial score (nSPS) is 23.2. The fraction of sp³-hybridized carbons (Fsp3) is 0.455. The van der Waals surface area contributed by atoms with Crippen molar-refractivity contribution >= 4 is 5.91 Å². The SMILES string of the molecule is CC(=O)N1Cc2ccccc2O[C@@H]([C@@H]2CCCN(Cc3cccnc3)C2)C1. The van der Waals surface area contributed by atoms with E-state index in [0.717, 1.165) is 43.8 Å². The molecule has 2 atom stereocenters. The summed E-state index contributed by atoms with van der Waals surface area (Å²) < 4.78 is 6.44. The molecule has 27 heavy (non-hydrogen) atoms. The van der Waals surface area contributed by atoms with Gasteiger partial charge < -0.3 is 9.64 Å². The quantitative estimate of drug-likeness (QED) is 0.838. The van der Waals surface area contributed by atoms with Crippen molar-refractivity contribution in [1.29, 1.82) is 0 Å². The number of fused-ring (bicyclic) bond motifs is 1. The lowest BCUT2D eigenvalue weighted by Crippen LogP contribution is -2.46. The molecule has 0 saturated carbocycles. The molecule has 4 rings (SSSR count). The second-order valence-electron chi connectivity index (χ2n) is 7.66. The van der Waals surface area contributed by atoms with Gasteiger partial charge in [0, 0.05) is 50.4 Å². The van der Waals surface area contributed by atoms with Gasteiger partial charge in [-0.1, -0.05) is 24.3 Å². The molecule has 2 aliphatic heterocycles. The molecular weight excluding hydrogens is 338 g/mol. The van der Waals surface area contributed by atoms with Crippen LogP contribution in [-0.4, -0.2) is 46.4 Å². The van der Waals surface area contributed by atoms with Crippen LogP contribution in [0.4, 0.5) is 0 Å². The predicted octanol–water partition coefficient (Wildman–Crippen LogP) is 3.10. The highest BCUT2D eigenvalue weighted by molar-refractivity contribution is 5.73. The summed E-state index contributed by atoms with van der Waals surface area (Å²) in [6.45, 7) is 5.97. The Bertz CT molecular complexity index is 780.